The molecule has 0 unspecified atom stereocenters. The van der Waals surface area contributed by atoms with Crippen molar-refractivity contribution in [1.82, 2.24) is 0 Å². The molecule has 1 aliphatic heterocycles. The summed E-state index contributed by atoms with van der Waals surface area (Å²) >= 11 is 0. The van der Waals surface area contributed by atoms with Crippen LogP contribution in [0.25, 0.3) is 0 Å². The molecular weight excluding hydrogens is 238 g/mol. The molecule has 0 atom stereocenters. The van der Waals surface area contributed by atoms with Gasteiger partial charge in [-0.25, -0.2) is 4.99 Å². The van der Waals surface area contributed by atoms with Gasteiger partial charge in [-0.05, 0) is 31.7 Å². The first-order chi connectivity index (χ1) is 9.33. The van der Waals surface area contributed by atoms with Crippen molar-refractivity contribution in [3.05, 3.63) is 35.4 Å². The van der Waals surface area contributed by atoms with E-state index < -0.39 is 0 Å². The van der Waals surface area contributed by atoms with Gasteiger partial charge in [-0.2, -0.15) is 10.2 Å². The highest BCUT2D eigenvalue weighted by molar-refractivity contribution is 5.97. The average molecular weight is 257 g/mol. The number of fused-ring (bicyclic) bond motifs is 1. The third kappa shape index (κ3) is 2.39. The lowest BCUT2D eigenvalue weighted by Crippen LogP contribution is -2.28. The van der Waals surface area contributed by atoms with Gasteiger partial charge >= 0.3 is 0 Å². The van der Waals surface area contributed by atoms with Crippen LogP contribution in [0.15, 0.2) is 39.5 Å². The van der Waals surface area contributed by atoms with Gasteiger partial charge in [0.25, 0.3) is 0 Å². The van der Waals surface area contributed by atoms with Crippen LogP contribution in [0.4, 0.5) is 0 Å². The van der Waals surface area contributed by atoms with E-state index >= 15 is 0 Å². The summed E-state index contributed by atoms with van der Waals surface area (Å²) in [5, 5.41) is 8.40. The van der Waals surface area contributed by atoms with E-state index in [9.17, 15) is 0 Å². The summed E-state index contributed by atoms with van der Waals surface area (Å²) < 4.78 is 5.75. The fourth-order valence-electron chi connectivity index (χ4n) is 2.90. The predicted octanol–water partition coefficient (Wildman–Crippen LogP) is 3.71. The van der Waals surface area contributed by atoms with Crippen LogP contribution in [0, 0.1) is 0 Å². The zero-order chi connectivity index (χ0) is 13.1. The molecule has 0 radical (unpaired) electrons. The van der Waals surface area contributed by atoms with Gasteiger partial charge in [0, 0.05) is 18.2 Å². The fourth-order valence-corrected chi connectivity index (χ4v) is 2.90. The fraction of sp³-hybridized carbons (Fsp3) is 0.533. The summed E-state index contributed by atoms with van der Waals surface area (Å²) in [6.07, 6.45) is 5.54. The molecule has 2 aliphatic rings. The van der Waals surface area contributed by atoms with Gasteiger partial charge in [-0.15, -0.1) is 0 Å². The maximum atomic E-state index is 5.75. The smallest absolute Gasteiger partial charge is 0.219 e. The van der Waals surface area contributed by atoms with E-state index in [1.54, 1.807) is 7.05 Å². The second kappa shape index (κ2) is 5.11. The minimum atomic E-state index is -0.389. The molecule has 4 heteroatoms. The van der Waals surface area contributed by atoms with Crippen LogP contribution in [-0.4, -0.2) is 18.6 Å². The number of benzene rings is 1. The van der Waals surface area contributed by atoms with Crippen LogP contribution < -0.4 is 0 Å². The Morgan fingerprint density at radius 2 is 1.89 bits per heavy atom. The average Bonchev–Trinajstić information content (AvgIpc) is 2.83. The number of hydrogen-bond donors (Lipinski definition) is 0. The van der Waals surface area contributed by atoms with E-state index in [4.69, 9.17) is 9.73 Å². The Balaban J connectivity index is 1.96. The van der Waals surface area contributed by atoms with Crippen molar-refractivity contribution in [1.29, 1.82) is 0 Å². The topological polar surface area (TPSA) is 46.3 Å². The van der Waals surface area contributed by atoms with Gasteiger partial charge in [-0.1, -0.05) is 24.6 Å². The summed E-state index contributed by atoms with van der Waals surface area (Å²) in [5.41, 5.74) is 1.93. The lowest BCUT2D eigenvalue weighted by Gasteiger charge is -2.28. The van der Waals surface area contributed by atoms with Gasteiger partial charge in [-0.3, -0.25) is 0 Å². The first-order valence-electron chi connectivity index (χ1n) is 6.95. The van der Waals surface area contributed by atoms with Crippen LogP contribution >= 0.6 is 0 Å². The van der Waals surface area contributed by atoms with Gasteiger partial charge in [0.1, 0.15) is 6.61 Å². The first kappa shape index (κ1) is 12.3. The summed E-state index contributed by atoms with van der Waals surface area (Å²) in [6.45, 7) is 0.619. The third-order valence-corrected chi connectivity index (χ3v) is 3.86. The Morgan fingerprint density at radius 1 is 1.11 bits per heavy atom. The van der Waals surface area contributed by atoms with Crippen molar-refractivity contribution in [3.8, 4) is 0 Å². The molecule has 1 fully saturated rings. The Kier molecular flexibility index (Phi) is 3.32. The zero-order valence-electron chi connectivity index (χ0n) is 11.3. The minimum absolute atomic E-state index is 0.389. The van der Waals surface area contributed by atoms with Crippen molar-refractivity contribution in [2.24, 2.45) is 15.2 Å². The molecule has 4 nitrogen and oxygen atoms in total. The Labute approximate surface area is 113 Å². The van der Waals surface area contributed by atoms with E-state index in [2.05, 4.69) is 22.4 Å². The number of azo groups is 1. The summed E-state index contributed by atoms with van der Waals surface area (Å²) in [4.78, 5) is 4.83. The Bertz CT molecular complexity index is 516. The van der Waals surface area contributed by atoms with E-state index in [-0.39, 0.29) is 5.66 Å². The standard InChI is InChI=1S/C15H19N3O/c1-16-18-15(9-5-2-6-10-15)17-14-13-8-4-3-7-12(13)11-19-14/h3-4,7-8H,2,5-6,9-11H2,1H3/b17-14-,18-16?. The highest BCUT2D eigenvalue weighted by Crippen LogP contribution is 2.35. The van der Waals surface area contributed by atoms with Gasteiger partial charge in [0.2, 0.25) is 5.90 Å². The number of nitrogens with zero attached hydrogens (tertiary/aromatic N) is 3. The number of hydrogen-bond acceptors (Lipinski definition) is 4. The van der Waals surface area contributed by atoms with Crippen LogP contribution in [0.5, 0.6) is 0 Å². The molecule has 0 amide bonds. The normalized spacial score (nSPS) is 23.5. The number of aliphatic imine (C=N–C) groups is 1. The molecule has 1 aromatic carbocycles. The predicted molar refractivity (Wildman–Crippen MR) is 74.4 cm³/mol. The third-order valence-electron chi connectivity index (χ3n) is 3.86. The van der Waals surface area contributed by atoms with Gasteiger partial charge in [0.05, 0.1) is 0 Å². The van der Waals surface area contributed by atoms with E-state index in [1.807, 2.05) is 12.1 Å². The van der Waals surface area contributed by atoms with Crippen molar-refractivity contribution >= 4 is 5.90 Å². The van der Waals surface area contributed by atoms with Crippen LogP contribution in [0.2, 0.25) is 0 Å². The molecular formula is C15H19N3O. The molecule has 3 rings (SSSR count). The molecule has 0 bridgehead atoms. The van der Waals surface area contributed by atoms with E-state index in [0.29, 0.717) is 6.61 Å². The second-order valence-corrected chi connectivity index (χ2v) is 5.21. The van der Waals surface area contributed by atoms with E-state index in [1.165, 1.54) is 12.0 Å². The molecule has 0 N–H and O–H groups in total. The molecule has 0 spiro atoms. The molecule has 1 heterocycles. The quantitative estimate of drug-likeness (QED) is 0.745. The summed E-state index contributed by atoms with van der Waals surface area (Å²) in [7, 11) is 1.72. The van der Waals surface area contributed by atoms with Crippen LogP contribution in [-0.2, 0) is 11.3 Å². The highest BCUT2D eigenvalue weighted by atomic mass is 16.5. The zero-order valence-corrected chi connectivity index (χ0v) is 11.3. The van der Waals surface area contributed by atoms with Crippen molar-refractivity contribution < 1.29 is 4.74 Å². The second-order valence-electron chi connectivity index (χ2n) is 5.21. The van der Waals surface area contributed by atoms with Gasteiger partial charge < -0.3 is 4.74 Å². The van der Waals surface area contributed by atoms with Crippen LogP contribution in [0.3, 0.4) is 0 Å². The van der Waals surface area contributed by atoms with Crippen molar-refractivity contribution in [2.45, 2.75) is 44.4 Å². The van der Waals surface area contributed by atoms with Crippen molar-refractivity contribution in [3.63, 3.8) is 0 Å². The number of ether oxygens (including phenoxy) is 1. The molecule has 1 saturated carbocycles. The Hall–Kier alpha value is -1.71. The molecule has 19 heavy (non-hydrogen) atoms. The SMILES string of the molecule is CN=NC1(/N=C2\OCc3ccccc32)CCCCC1. The molecule has 0 aromatic heterocycles. The summed E-state index contributed by atoms with van der Waals surface area (Å²) in [6, 6.07) is 8.22. The van der Waals surface area contributed by atoms with Crippen molar-refractivity contribution in [2.75, 3.05) is 7.05 Å². The lowest BCUT2D eigenvalue weighted by molar-refractivity contribution is 0.271. The lowest BCUT2D eigenvalue weighted by atomic mass is 9.90. The monoisotopic (exact) mass is 257 g/mol. The van der Waals surface area contributed by atoms with Gasteiger partial charge in [0.15, 0.2) is 5.66 Å². The first-order valence-corrected chi connectivity index (χ1v) is 6.95. The molecule has 1 aliphatic carbocycles. The number of rotatable bonds is 2. The highest BCUT2D eigenvalue weighted by Gasteiger charge is 2.34. The Morgan fingerprint density at radius 3 is 2.68 bits per heavy atom. The maximum Gasteiger partial charge on any atom is 0.219 e. The molecule has 0 saturated heterocycles. The van der Waals surface area contributed by atoms with E-state index in [0.717, 1.165) is 37.1 Å². The molecule has 100 valence electrons. The summed E-state index contributed by atoms with van der Waals surface area (Å²) in [5.74, 6) is 0.741. The minimum Gasteiger partial charge on any atom is -0.473 e. The largest absolute Gasteiger partial charge is 0.473 e. The maximum absolute atomic E-state index is 5.75. The van der Waals surface area contributed by atoms with Crippen LogP contribution in [0.1, 0.15) is 43.2 Å². The molecule has 1 aromatic rings.